The predicted octanol–water partition coefficient (Wildman–Crippen LogP) is 2.47. The zero-order valence-corrected chi connectivity index (χ0v) is 16.8. The number of hydrogen-bond donors (Lipinski definition) is 0. The number of ether oxygens (including phenoxy) is 1. The summed E-state index contributed by atoms with van der Waals surface area (Å²) in [6.45, 7) is 5.33. The zero-order valence-electron chi connectivity index (χ0n) is 16.0. The normalized spacial score (nSPS) is 18.3. The lowest BCUT2D eigenvalue weighted by molar-refractivity contribution is 0.309. The summed E-state index contributed by atoms with van der Waals surface area (Å²) in [7, 11) is -1.62. The van der Waals surface area contributed by atoms with E-state index in [0.29, 0.717) is 36.3 Å². The molecule has 0 N–H and O–H groups in total. The summed E-state index contributed by atoms with van der Waals surface area (Å²) < 4.78 is 33.0. The van der Waals surface area contributed by atoms with Crippen LogP contribution in [0.1, 0.15) is 25.3 Å². The number of rotatable bonds is 6. The number of likely N-dealkylation sites (N-methyl/N-ethyl adjacent to an activating group) is 1. The van der Waals surface area contributed by atoms with Gasteiger partial charge in [0.2, 0.25) is 16.0 Å². The van der Waals surface area contributed by atoms with Crippen LogP contribution in [-0.4, -0.2) is 55.5 Å². The Morgan fingerprint density at radius 1 is 1.22 bits per heavy atom. The van der Waals surface area contributed by atoms with Crippen molar-refractivity contribution in [1.29, 1.82) is 0 Å². The molecular weight excluding hydrogens is 364 g/mol. The molecule has 146 valence electrons. The lowest BCUT2D eigenvalue weighted by atomic mass is 10.1. The highest BCUT2D eigenvalue weighted by Crippen LogP contribution is 2.25. The largest absolute Gasteiger partial charge is 0.494 e. The third-order valence-corrected chi connectivity index (χ3v) is 6.64. The fraction of sp³-hybridized carbons (Fsp3) is 0.474. The monoisotopic (exact) mass is 390 g/mol. The maximum absolute atomic E-state index is 13.0. The molecule has 7 nitrogen and oxygen atoms in total. The molecular formula is C19H26N4O3S. The van der Waals surface area contributed by atoms with Gasteiger partial charge in [-0.05, 0) is 56.5 Å². The van der Waals surface area contributed by atoms with E-state index in [2.05, 4.69) is 9.97 Å². The fourth-order valence-corrected chi connectivity index (χ4v) is 4.73. The maximum Gasteiger partial charge on any atom is 0.243 e. The first-order valence-electron chi connectivity index (χ1n) is 9.16. The number of anilines is 1. The molecule has 1 atom stereocenters. The first-order chi connectivity index (χ1) is 12.9. The number of aryl methyl sites for hydroxylation is 1. The molecule has 1 aromatic carbocycles. The summed E-state index contributed by atoms with van der Waals surface area (Å²) in [4.78, 5) is 11.0. The van der Waals surface area contributed by atoms with Crippen molar-refractivity contribution in [3.05, 3.63) is 42.2 Å². The lowest BCUT2D eigenvalue weighted by Crippen LogP contribution is -2.49. The quantitative estimate of drug-likeness (QED) is 0.754. The summed E-state index contributed by atoms with van der Waals surface area (Å²) in [6.07, 6.45) is 5.26. The number of benzene rings is 1. The Morgan fingerprint density at radius 2 is 1.89 bits per heavy atom. The van der Waals surface area contributed by atoms with Crippen molar-refractivity contribution in [2.45, 2.75) is 37.6 Å². The molecule has 27 heavy (non-hydrogen) atoms. The molecule has 0 saturated carbocycles. The molecule has 1 unspecified atom stereocenters. The van der Waals surface area contributed by atoms with Crippen LogP contribution in [-0.2, 0) is 10.0 Å². The zero-order chi connectivity index (χ0) is 19.4. The van der Waals surface area contributed by atoms with Crippen LogP contribution in [0.3, 0.4) is 0 Å². The third kappa shape index (κ3) is 4.39. The van der Waals surface area contributed by atoms with Gasteiger partial charge < -0.3 is 9.64 Å². The molecule has 8 heteroatoms. The van der Waals surface area contributed by atoms with E-state index in [1.807, 2.05) is 25.8 Å². The van der Waals surface area contributed by atoms with Crippen molar-refractivity contribution in [2.24, 2.45) is 0 Å². The van der Waals surface area contributed by atoms with E-state index in [4.69, 9.17) is 4.74 Å². The van der Waals surface area contributed by atoms with Gasteiger partial charge in [-0.3, -0.25) is 0 Å². The van der Waals surface area contributed by atoms with E-state index in [1.54, 1.807) is 41.0 Å². The van der Waals surface area contributed by atoms with Crippen molar-refractivity contribution in [2.75, 3.05) is 31.6 Å². The van der Waals surface area contributed by atoms with Crippen LogP contribution in [0.5, 0.6) is 5.75 Å². The van der Waals surface area contributed by atoms with E-state index in [-0.39, 0.29) is 6.04 Å². The molecule has 1 fully saturated rings. The molecule has 0 aliphatic carbocycles. The lowest BCUT2D eigenvalue weighted by Gasteiger charge is -2.36. The SMILES string of the molecule is CCOc1ccc(S(=O)(=O)N2CCCC(N(C)c3ncc(C)cn3)C2)cc1. The Hall–Kier alpha value is -2.19. The van der Waals surface area contributed by atoms with E-state index >= 15 is 0 Å². The van der Waals surface area contributed by atoms with Gasteiger partial charge in [0.1, 0.15) is 5.75 Å². The van der Waals surface area contributed by atoms with Crippen molar-refractivity contribution in [3.8, 4) is 5.75 Å². The summed E-state index contributed by atoms with van der Waals surface area (Å²) in [5.41, 5.74) is 0.996. The minimum atomic E-state index is -3.54. The smallest absolute Gasteiger partial charge is 0.243 e. The van der Waals surface area contributed by atoms with Gasteiger partial charge in [0.05, 0.1) is 11.5 Å². The standard InChI is InChI=1S/C19H26N4O3S/c1-4-26-17-7-9-18(10-8-17)27(24,25)23-11-5-6-16(14-23)22(3)19-20-12-15(2)13-21-19/h7-10,12-13,16H,4-6,11,14H2,1-3H3. The topological polar surface area (TPSA) is 75.6 Å². The molecule has 3 rings (SSSR count). The molecule has 1 aromatic heterocycles. The number of piperidine rings is 1. The second-order valence-corrected chi connectivity index (χ2v) is 8.67. The van der Waals surface area contributed by atoms with E-state index in [0.717, 1.165) is 18.4 Å². The molecule has 1 saturated heterocycles. The Morgan fingerprint density at radius 3 is 2.52 bits per heavy atom. The molecule has 1 aliphatic rings. The van der Waals surface area contributed by atoms with Crippen LogP contribution >= 0.6 is 0 Å². The van der Waals surface area contributed by atoms with Gasteiger partial charge >= 0.3 is 0 Å². The van der Waals surface area contributed by atoms with Crippen LogP contribution in [0.15, 0.2) is 41.6 Å². The number of aromatic nitrogens is 2. The Labute approximate surface area is 161 Å². The van der Waals surface area contributed by atoms with Crippen molar-refractivity contribution < 1.29 is 13.2 Å². The molecule has 2 heterocycles. The average Bonchev–Trinajstić information content (AvgIpc) is 2.69. The van der Waals surface area contributed by atoms with E-state index in [1.165, 1.54) is 0 Å². The van der Waals surface area contributed by atoms with Crippen LogP contribution in [0.2, 0.25) is 0 Å². The van der Waals surface area contributed by atoms with Gasteiger partial charge in [-0.2, -0.15) is 4.31 Å². The van der Waals surface area contributed by atoms with Gasteiger partial charge in [-0.1, -0.05) is 0 Å². The van der Waals surface area contributed by atoms with Gasteiger partial charge in [-0.25, -0.2) is 18.4 Å². The van der Waals surface area contributed by atoms with E-state index in [9.17, 15) is 8.42 Å². The van der Waals surface area contributed by atoms with Crippen LogP contribution < -0.4 is 9.64 Å². The van der Waals surface area contributed by atoms with Gasteiger partial charge in [-0.15, -0.1) is 0 Å². The summed E-state index contributed by atoms with van der Waals surface area (Å²) >= 11 is 0. The number of nitrogens with zero attached hydrogens (tertiary/aromatic N) is 4. The van der Waals surface area contributed by atoms with Gasteiger partial charge in [0.15, 0.2) is 0 Å². The number of hydrogen-bond acceptors (Lipinski definition) is 6. The average molecular weight is 391 g/mol. The molecule has 1 aliphatic heterocycles. The highest BCUT2D eigenvalue weighted by molar-refractivity contribution is 7.89. The van der Waals surface area contributed by atoms with Crippen molar-refractivity contribution in [3.63, 3.8) is 0 Å². The Kier molecular flexibility index (Phi) is 5.96. The van der Waals surface area contributed by atoms with Crippen LogP contribution in [0.25, 0.3) is 0 Å². The predicted molar refractivity (Wildman–Crippen MR) is 105 cm³/mol. The van der Waals surface area contributed by atoms with E-state index < -0.39 is 10.0 Å². The molecule has 0 bridgehead atoms. The summed E-state index contributed by atoms with van der Waals surface area (Å²) in [5, 5.41) is 0. The minimum absolute atomic E-state index is 0.0407. The minimum Gasteiger partial charge on any atom is -0.494 e. The first kappa shape index (κ1) is 19.6. The number of sulfonamides is 1. The summed E-state index contributed by atoms with van der Waals surface area (Å²) in [5.74, 6) is 1.29. The van der Waals surface area contributed by atoms with Crippen molar-refractivity contribution >= 4 is 16.0 Å². The highest BCUT2D eigenvalue weighted by atomic mass is 32.2. The second kappa shape index (κ2) is 8.22. The maximum atomic E-state index is 13.0. The summed E-state index contributed by atoms with van der Waals surface area (Å²) in [6, 6.07) is 6.65. The van der Waals surface area contributed by atoms with Crippen LogP contribution in [0.4, 0.5) is 5.95 Å². The molecule has 2 aromatic rings. The molecule has 0 radical (unpaired) electrons. The molecule has 0 spiro atoms. The molecule has 0 amide bonds. The third-order valence-electron chi connectivity index (χ3n) is 4.76. The Bertz CT molecular complexity index is 854. The first-order valence-corrected chi connectivity index (χ1v) is 10.6. The van der Waals surface area contributed by atoms with Crippen molar-refractivity contribution in [1.82, 2.24) is 14.3 Å². The second-order valence-electron chi connectivity index (χ2n) is 6.73. The van der Waals surface area contributed by atoms with Gasteiger partial charge in [0.25, 0.3) is 0 Å². The fourth-order valence-electron chi connectivity index (χ4n) is 3.21. The Balaban J connectivity index is 1.75. The van der Waals surface area contributed by atoms with Gasteiger partial charge in [0, 0.05) is 38.6 Å². The van der Waals surface area contributed by atoms with Crippen LogP contribution in [0, 0.1) is 6.92 Å². The highest BCUT2D eigenvalue weighted by Gasteiger charge is 2.32.